The van der Waals surface area contributed by atoms with Gasteiger partial charge in [-0.1, -0.05) is 47.7 Å². The third-order valence-electron chi connectivity index (χ3n) is 2.82. The number of hydrogen-bond donors (Lipinski definition) is 1. The van der Waals surface area contributed by atoms with Crippen LogP contribution in [0.15, 0.2) is 63.9 Å². The second kappa shape index (κ2) is 6.78. The molecule has 0 saturated carbocycles. The van der Waals surface area contributed by atoms with Gasteiger partial charge in [-0.2, -0.15) is 5.26 Å². The first-order chi connectivity index (χ1) is 10.1. The fraction of sp³-hybridized carbons (Fsp3) is 0.0588. The van der Waals surface area contributed by atoms with E-state index < -0.39 is 5.97 Å². The Hall–Kier alpha value is -2.51. The van der Waals surface area contributed by atoms with Gasteiger partial charge in [0.15, 0.2) is 0 Å². The largest absolute Gasteiger partial charge is 0.477 e. The first-order valence-corrected chi connectivity index (χ1v) is 7.10. The van der Waals surface area contributed by atoms with Gasteiger partial charge in [0.2, 0.25) is 0 Å². The number of benzene rings is 2. The summed E-state index contributed by atoms with van der Waals surface area (Å²) in [5.74, 6) is -1.22. The van der Waals surface area contributed by atoms with Crippen molar-refractivity contribution in [2.45, 2.75) is 16.7 Å². The van der Waals surface area contributed by atoms with E-state index in [1.165, 1.54) is 11.6 Å². The summed E-state index contributed by atoms with van der Waals surface area (Å²) in [6.45, 7) is 2.02. The summed E-state index contributed by atoms with van der Waals surface area (Å²) < 4.78 is 0. The van der Waals surface area contributed by atoms with Gasteiger partial charge in [0.25, 0.3) is 0 Å². The summed E-state index contributed by atoms with van der Waals surface area (Å²) in [5.41, 5.74) is 1.64. The second-order valence-corrected chi connectivity index (χ2v) is 5.54. The zero-order valence-electron chi connectivity index (χ0n) is 11.4. The van der Waals surface area contributed by atoms with Crippen molar-refractivity contribution in [1.29, 1.82) is 5.26 Å². The number of hydrogen-bond acceptors (Lipinski definition) is 3. The number of carboxylic acids is 1. The van der Waals surface area contributed by atoms with E-state index in [0.717, 1.165) is 15.4 Å². The Balaban J connectivity index is 2.35. The molecule has 0 aliphatic heterocycles. The number of nitrogens with zero attached hydrogens (tertiary/aromatic N) is 1. The summed E-state index contributed by atoms with van der Waals surface area (Å²) in [6.07, 6.45) is 1.40. The van der Waals surface area contributed by atoms with Gasteiger partial charge in [-0.25, -0.2) is 4.79 Å². The SMILES string of the molecule is Cc1ccc(Sc2ccccc2/C=C(\C#N)C(=O)O)cc1. The number of nitriles is 1. The maximum Gasteiger partial charge on any atom is 0.346 e. The van der Waals surface area contributed by atoms with Gasteiger partial charge in [0, 0.05) is 9.79 Å². The average molecular weight is 295 g/mol. The minimum atomic E-state index is -1.22. The van der Waals surface area contributed by atoms with Crippen LogP contribution in [0, 0.1) is 18.3 Å². The smallest absolute Gasteiger partial charge is 0.346 e. The monoisotopic (exact) mass is 295 g/mol. The average Bonchev–Trinajstić information content (AvgIpc) is 2.48. The molecule has 2 aromatic carbocycles. The van der Waals surface area contributed by atoms with E-state index in [-0.39, 0.29) is 5.57 Å². The highest BCUT2D eigenvalue weighted by atomic mass is 32.2. The van der Waals surface area contributed by atoms with Crippen LogP contribution in [0.25, 0.3) is 6.08 Å². The molecule has 2 aromatic rings. The van der Waals surface area contributed by atoms with Gasteiger partial charge >= 0.3 is 5.97 Å². The standard InChI is InChI=1S/C17H13NO2S/c1-12-6-8-15(9-7-12)21-16-5-3-2-4-13(16)10-14(11-18)17(19)20/h2-10H,1H3,(H,19,20)/b14-10+. The molecule has 1 N–H and O–H groups in total. The van der Waals surface area contributed by atoms with Crippen molar-refractivity contribution < 1.29 is 9.90 Å². The van der Waals surface area contributed by atoms with Crippen molar-refractivity contribution in [3.63, 3.8) is 0 Å². The van der Waals surface area contributed by atoms with Crippen LogP contribution in [0.4, 0.5) is 0 Å². The van der Waals surface area contributed by atoms with E-state index >= 15 is 0 Å². The Morgan fingerprint density at radius 1 is 1.19 bits per heavy atom. The Bertz CT molecular complexity index is 727. The zero-order chi connectivity index (χ0) is 15.2. The fourth-order valence-electron chi connectivity index (χ4n) is 1.72. The molecule has 0 unspecified atom stereocenters. The molecule has 0 fully saturated rings. The van der Waals surface area contributed by atoms with Crippen LogP contribution in [-0.4, -0.2) is 11.1 Å². The van der Waals surface area contributed by atoms with Crippen LogP contribution in [0.3, 0.4) is 0 Å². The van der Waals surface area contributed by atoms with Crippen LogP contribution in [0.1, 0.15) is 11.1 Å². The Kier molecular flexibility index (Phi) is 4.81. The Morgan fingerprint density at radius 2 is 1.86 bits per heavy atom. The number of aliphatic carboxylic acids is 1. The third-order valence-corrected chi connectivity index (χ3v) is 3.92. The maximum absolute atomic E-state index is 10.9. The van der Waals surface area contributed by atoms with Crippen molar-refractivity contribution in [1.82, 2.24) is 0 Å². The molecule has 0 aromatic heterocycles. The maximum atomic E-state index is 10.9. The van der Waals surface area contributed by atoms with E-state index in [2.05, 4.69) is 0 Å². The summed E-state index contributed by atoms with van der Waals surface area (Å²) in [6, 6.07) is 17.2. The number of aryl methyl sites for hydroxylation is 1. The molecule has 2 rings (SSSR count). The quantitative estimate of drug-likeness (QED) is 0.680. The highest BCUT2D eigenvalue weighted by molar-refractivity contribution is 7.99. The van der Waals surface area contributed by atoms with Crippen LogP contribution >= 0.6 is 11.8 Å². The summed E-state index contributed by atoms with van der Waals surface area (Å²) in [5, 5.41) is 17.8. The molecule has 0 atom stereocenters. The molecule has 4 heteroatoms. The first kappa shape index (κ1) is 14.9. The molecule has 3 nitrogen and oxygen atoms in total. The minimum Gasteiger partial charge on any atom is -0.477 e. The van der Waals surface area contributed by atoms with Gasteiger partial charge in [-0.3, -0.25) is 0 Å². The van der Waals surface area contributed by atoms with E-state index in [9.17, 15) is 4.79 Å². The molecular weight excluding hydrogens is 282 g/mol. The predicted molar refractivity (Wildman–Crippen MR) is 83.0 cm³/mol. The minimum absolute atomic E-state index is 0.271. The van der Waals surface area contributed by atoms with Gasteiger partial charge in [0.1, 0.15) is 11.6 Å². The van der Waals surface area contributed by atoms with Gasteiger partial charge in [-0.15, -0.1) is 0 Å². The predicted octanol–water partition coefficient (Wildman–Crippen LogP) is 4.14. The molecule has 21 heavy (non-hydrogen) atoms. The van der Waals surface area contributed by atoms with E-state index in [1.54, 1.807) is 23.9 Å². The highest BCUT2D eigenvalue weighted by Crippen LogP contribution is 2.31. The van der Waals surface area contributed by atoms with Crippen LogP contribution in [0.2, 0.25) is 0 Å². The lowest BCUT2D eigenvalue weighted by Crippen LogP contribution is -1.97. The number of carbonyl (C=O) groups is 1. The van der Waals surface area contributed by atoms with Crippen molar-refractivity contribution in [3.05, 3.63) is 65.2 Å². The molecule has 0 saturated heterocycles. The molecule has 104 valence electrons. The molecule has 0 aliphatic carbocycles. The lowest BCUT2D eigenvalue weighted by atomic mass is 10.1. The molecule has 0 bridgehead atoms. The first-order valence-electron chi connectivity index (χ1n) is 6.29. The second-order valence-electron chi connectivity index (χ2n) is 4.43. The molecule has 0 amide bonds. The molecule has 0 heterocycles. The molecular formula is C17H13NO2S. The molecule has 0 spiro atoms. The number of carboxylic acid groups (broad SMARTS) is 1. The third kappa shape index (κ3) is 3.98. The summed E-state index contributed by atoms with van der Waals surface area (Å²) in [7, 11) is 0. The van der Waals surface area contributed by atoms with E-state index in [4.69, 9.17) is 10.4 Å². The van der Waals surface area contributed by atoms with Gasteiger partial charge < -0.3 is 5.11 Å². The topological polar surface area (TPSA) is 61.1 Å². The van der Waals surface area contributed by atoms with E-state index in [0.29, 0.717) is 0 Å². The van der Waals surface area contributed by atoms with Gasteiger partial charge in [-0.05, 0) is 36.8 Å². The zero-order valence-corrected chi connectivity index (χ0v) is 12.2. The summed E-state index contributed by atoms with van der Waals surface area (Å²) >= 11 is 1.54. The van der Waals surface area contributed by atoms with Crippen LogP contribution in [-0.2, 0) is 4.79 Å². The Morgan fingerprint density at radius 3 is 2.48 bits per heavy atom. The summed E-state index contributed by atoms with van der Waals surface area (Å²) in [4.78, 5) is 12.9. The van der Waals surface area contributed by atoms with E-state index in [1.807, 2.05) is 49.4 Å². The van der Waals surface area contributed by atoms with Crippen molar-refractivity contribution >= 4 is 23.8 Å². The molecule has 0 aliphatic rings. The normalized spacial score (nSPS) is 11.0. The lowest BCUT2D eigenvalue weighted by Gasteiger charge is -2.06. The number of rotatable bonds is 4. The van der Waals surface area contributed by atoms with Crippen molar-refractivity contribution in [2.75, 3.05) is 0 Å². The van der Waals surface area contributed by atoms with Gasteiger partial charge in [0.05, 0.1) is 0 Å². The van der Waals surface area contributed by atoms with Crippen LogP contribution < -0.4 is 0 Å². The van der Waals surface area contributed by atoms with Crippen molar-refractivity contribution in [2.24, 2.45) is 0 Å². The fourth-order valence-corrected chi connectivity index (χ4v) is 2.64. The van der Waals surface area contributed by atoms with Crippen LogP contribution in [0.5, 0.6) is 0 Å². The van der Waals surface area contributed by atoms with Crippen molar-refractivity contribution in [3.8, 4) is 6.07 Å². The molecule has 0 radical (unpaired) electrons. The Labute approximate surface area is 127 Å². The lowest BCUT2D eigenvalue weighted by molar-refractivity contribution is -0.132. The highest BCUT2D eigenvalue weighted by Gasteiger charge is 2.08.